The predicted molar refractivity (Wildman–Crippen MR) is 136 cm³/mol. The molecule has 0 radical (unpaired) electrons. The Kier molecular flexibility index (Phi) is 6.20. The molecule has 2 heterocycles. The van der Waals surface area contributed by atoms with Gasteiger partial charge in [0.05, 0.1) is 16.9 Å². The molecule has 1 fully saturated rings. The molecule has 6 nitrogen and oxygen atoms in total. The smallest absolute Gasteiger partial charge is 0.223 e. The highest BCUT2D eigenvalue weighted by atomic mass is 35.5. The van der Waals surface area contributed by atoms with Crippen LogP contribution in [0.2, 0.25) is 5.02 Å². The zero-order chi connectivity index (χ0) is 22.8. The van der Waals surface area contributed by atoms with Gasteiger partial charge in [-0.25, -0.2) is 9.97 Å². The Morgan fingerprint density at radius 3 is 2.73 bits per heavy atom. The number of H-pyrrole nitrogens is 1. The highest BCUT2D eigenvalue weighted by Gasteiger charge is 2.24. The van der Waals surface area contributed by atoms with Crippen molar-refractivity contribution >= 4 is 34.1 Å². The predicted octanol–water partition coefficient (Wildman–Crippen LogP) is 5.93. The SMILES string of the molecule is C[C@H](N[C@H]1CCC[C@@H](Nc2ncc(Cl)c(-c3c[nH]c4ccccc34)n2)C1)c1ccc(N)cc1. The van der Waals surface area contributed by atoms with Crippen molar-refractivity contribution in [3.8, 4) is 11.3 Å². The summed E-state index contributed by atoms with van der Waals surface area (Å²) in [5.41, 5.74) is 10.7. The normalized spacial score (nSPS) is 19.5. The number of aromatic amines is 1. The van der Waals surface area contributed by atoms with Gasteiger partial charge in [0.25, 0.3) is 0 Å². The number of nitrogens with one attached hydrogen (secondary N) is 3. The number of anilines is 2. The van der Waals surface area contributed by atoms with E-state index in [1.165, 1.54) is 12.0 Å². The first-order valence-electron chi connectivity index (χ1n) is 11.5. The summed E-state index contributed by atoms with van der Waals surface area (Å²) in [6.07, 6.45) is 8.10. The van der Waals surface area contributed by atoms with Gasteiger partial charge in [-0.1, -0.05) is 41.9 Å². The third-order valence-corrected chi connectivity index (χ3v) is 6.79. The van der Waals surface area contributed by atoms with E-state index in [-0.39, 0.29) is 6.04 Å². The van der Waals surface area contributed by atoms with Crippen LogP contribution in [0.3, 0.4) is 0 Å². The standard InChI is InChI=1S/C26H29ClN6/c1-16(17-9-11-18(28)12-10-17)31-19-5-4-6-20(13-19)32-26-30-15-23(27)25(33-26)22-14-29-24-8-3-2-7-21(22)24/h2-3,7-12,14-16,19-20,29,31H,4-6,13,28H2,1H3,(H,30,32,33)/t16-,19-,20+/m0/s1. The van der Waals surface area contributed by atoms with Crippen molar-refractivity contribution in [3.63, 3.8) is 0 Å². The minimum absolute atomic E-state index is 0.273. The number of aromatic nitrogens is 3. The molecule has 170 valence electrons. The minimum atomic E-state index is 0.273. The van der Waals surface area contributed by atoms with Gasteiger partial charge in [0.2, 0.25) is 5.95 Å². The lowest BCUT2D eigenvalue weighted by Crippen LogP contribution is -2.40. The van der Waals surface area contributed by atoms with Crippen molar-refractivity contribution in [1.82, 2.24) is 20.3 Å². The monoisotopic (exact) mass is 460 g/mol. The van der Waals surface area contributed by atoms with Gasteiger partial charge in [0.1, 0.15) is 0 Å². The first-order valence-corrected chi connectivity index (χ1v) is 11.9. The second-order valence-corrected chi connectivity index (χ2v) is 9.31. The number of hydrogen-bond donors (Lipinski definition) is 4. The van der Waals surface area contributed by atoms with Crippen LogP contribution in [-0.4, -0.2) is 27.0 Å². The summed E-state index contributed by atoms with van der Waals surface area (Å²) in [5, 5.41) is 8.99. The van der Waals surface area contributed by atoms with Crippen LogP contribution in [0.1, 0.15) is 44.2 Å². The summed E-state index contributed by atoms with van der Waals surface area (Å²) in [4.78, 5) is 12.6. The van der Waals surface area contributed by atoms with Gasteiger partial charge >= 0.3 is 0 Å². The number of benzene rings is 2. The fourth-order valence-corrected chi connectivity index (χ4v) is 4.98. The van der Waals surface area contributed by atoms with Gasteiger partial charge < -0.3 is 21.4 Å². The van der Waals surface area contributed by atoms with Gasteiger partial charge in [-0.3, -0.25) is 0 Å². The van der Waals surface area contributed by atoms with E-state index < -0.39 is 0 Å². The average Bonchev–Trinajstić information content (AvgIpc) is 3.25. The van der Waals surface area contributed by atoms with E-state index in [2.05, 4.69) is 45.7 Å². The summed E-state index contributed by atoms with van der Waals surface area (Å²) >= 11 is 6.49. The highest BCUT2D eigenvalue weighted by molar-refractivity contribution is 6.33. The van der Waals surface area contributed by atoms with Crippen molar-refractivity contribution in [2.45, 2.75) is 50.7 Å². The zero-order valence-electron chi connectivity index (χ0n) is 18.7. The molecule has 4 aromatic rings. The van der Waals surface area contributed by atoms with E-state index in [1.54, 1.807) is 6.20 Å². The summed E-state index contributed by atoms with van der Waals surface area (Å²) in [7, 11) is 0. The summed E-state index contributed by atoms with van der Waals surface area (Å²) in [5.74, 6) is 0.622. The van der Waals surface area contributed by atoms with Crippen molar-refractivity contribution < 1.29 is 0 Å². The number of hydrogen-bond acceptors (Lipinski definition) is 5. The molecule has 0 spiro atoms. The fraction of sp³-hybridized carbons (Fsp3) is 0.308. The van der Waals surface area contributed by atoms with E-state index >= 15 is 0 Å². The molecule has 1 aliphatic rings. The molecule has 3 atom stereocenters. The van der Waals surface area contributed by atoms with E-state index in [4.69, 9.17) is 22.3 Å². The number of nitrogens with zero attached hydrogens (tertiary/aromatic N) is 2. The summed E-state index contributed by atoms with van der Waals surface area (Å²) in [6.45, 7) is 2.21. The van der Waals surface area contributed by atoms with Crippen LogP contribution in [0.15, 0.2) is 60.9 Å². The molecule has 1 aliphatic carbocycles. The lowest BCUT2D eigenvalue weighted by Gasteiger charge is -2.32. The van der Waals surface area contributed by atoms with Crippen LogP contribution in [0.5, 0.6) is 0 Å². The Bertz CT molecular complexity index is 1240. The maximum atomic E-state index is 6.49. The molecule has 0 saturated heterocycles. The fourth-order valence-electron chi connectivity index (χ4n) is 4.78. The average molecular weight is 461 g/mol. The van der Waals surface area contributed by atoms with Crippen molar-refractivity contribution in [1.29, 1.82) is 0 Å². The molecule has 0 aliphatic heterocycles. The minimum Gasteiger partial charge on any atom is -0.399 e. The van der Waals surface area contributed by atoms with Crippen molar-refractivity contribution in [2.75, 3.05) is 11.1 Å². The van der Waals surface area contributed by atoms with Gasteiger partial charge in [-0.2, -0.15) is 0 Å². The lowest BCUT2D eigenvalue weighted by atomic mass is 9.90. The number of halogens is 1. The van der Waals surface area contributed by atoms with Crippen molar-refractivity contribution in [3.05, 3.63) is 71.5 Å². The quantitative estimate of drug-likeness (QED) is 0.267. The number of nitrogens with two attached hydrogens (primary N) is 1. The molecule has 2 aromatic carbocycles. The summed E-state index contributed by atoms with van der Waals surface area (Å²) < 4.78 is 0. The third-order valence-electron chi connectivity index (χ3n) is 6.52. The molecule has 5 rings (SSSR count). The molecule has 7 heteroatoms. The maximum Gasteiger partial charge on any atom is 0.223 e. The second-order valence-electron chi connectivity index (χ2n) is 8.90. The topological polar surface area (TPSA) is 91.6 Å². The number of para-hydroxylation sites is 1. The molecule has 2 aromatic heterocycles. The highest BCUT2D eigenvalue weighted by Crippen LogP contribution is 2.33. The van der Waals surface area contributed by atoms with Crippen LogP contribution >= 0.6 is 11.6 Å². The van der Waals surface area contributed by atoms with Gasteiger partial charge in [-0.15, -0.1) is 0 Å². The van der Waals surface area contributed by atoms with E-state index in [1.807, 2.05) is 36.5 Å². The molecule has 33 heavy (non-hydrogen) atoms. The second kappa shape index (κ2) is 9.41. The van der Waals surface area contributed by atoms with Crippen LogP contribution in [0, 0.1) is 0 Å². The molecule has 0 bridgehead atoms. The molecular weight excluding hydrogens is 432 g/mol. The van der Waals surface area contributed by atoms with Crippen LogP contribution in [-0.2, 0) is 0 Å². The van der Waals surface area contributed by atoms with Gasteiger partial charge in [0, 0.05) is 46.5 Å². The Morgan fingerprint density at radius 1 is 1.09 bits per heavy atom. The third kappa shape index (κ3) is 4.82. The lowest BCUT2D eigenvalue weighted by molar-refractivity contribution is 0.328. The van der Waals surface area contributed by atoms with Crippen LogP contribution < -0.4 is 16.4 Å². The van der Waals surface area contributed by atoms with Gasteiger partial charge in [-0.05, 0) is 56.4 Å². The van der Waals surface area contributed by atoms with Gasteiger partial charge in [0.15, 0.2) is 0 Å². The largest absolute Gasteiger partial charge is 0.399 e. The number of nitrogen functional groups attached to an aromatic ring is 1. The van der Waals surface area contributed by atoms with E-state index in [0.29, 0.717) is 23.1 Å². The Morgan fingerprint density at radius 2 is 1.88 bits per heavy atom. The first kappa shape index (κ1) is 21.7. The molecule has 5 N–H and O–H groups in total. The van der Waals surface area contributed by atoms with Crippen molar-refractivity contribution in [2.24, 2.45) is 0 Å². The number of rotatable bonds is 6. The Hall–Kier alpha value is -3.09. The molecule has 1 saturated carbocycles. The molecular formula is C26H29ClN6. The van der Waals surface area contributed by atoms with E-state index in [0.717, 1.165) is 47.1 Å². The van der Waals surface area contributed by atoms with E-state index in [9.17, 15) is 0 Å². The van der Waals surface area contributed by atoms with Crippen LogP contribution in [0.4, 0.5) is 11.6 Å². The maximum absolute atomic E-state index is 6.49. The molecule has 0 amide bonds. The Labute approximate surface area is 199 Å². The number of fused-ring (bicyclic) bond motifs is 1. The first-order chi connectivity index (χ1) is 16.1. The van der Waals surface area contributed by atoms with Crippen LogP contribution in [0.25, 0.3) is 22.2 Å². The zero-order valence-corrected chi connectivity index (χ0v) is 19.4. The summed E-state index contributed by atoms with van der Waals surface area (Å²) in [6, 6.07) is 17.3. The Balaban J connectivity index is 1.28. The molecule has 0 unspecified atom stereocenters.